The van der Waals surface area contributed by atoms with Crippen molar-refractivity contribution in [3.8, 4) is 11.5 Å². The van der Waals surface area contributed by atoms with Gasteiger partial charge in [-0.05, 0) is 24.2 Å². The van der Waals surface area contributed by atoms with Gasteiger partial charge in [0.05, 0.1) is 17.7 Å². The first-order chi connectivity index (χ1) is 8.62. The second-order valence-electron chi connectivity index (χ2n) is 6.01. The second kappa shape index (κ2) is 5.55. The highest BCUT2D eigenvalue weighted by molar-refractivity contribution is 6.74. The number of halogens is 1. The topological polar surface area (TPSA) is 35.5 Å². The minimum Gasteiger partial charge on any atom is -0.542 e. The zero-order chi connectivity index (χ0) is 14.8. The number of hydrogen-bond donors (Lipinski definition) is 0. The van der Waals surface area contributed by atoms with Crippen molar-refractivity contribution in [3.63, 3.8) is 0 Å². The maximum atomic E-state index is 11.2. The quantitative estimate of drug-likeness (QED) is 0.604. The Bertz CT molecular complexity index is 478. The van der Waals surface area contributed by atoms with Crippen LogP contribution in [0.3, 0.4) is 0 Å². The number of ether oxygens (including phenoxy) is 1. The van der Waals surface area contributed by atoms with Gasteiger partial charge in [-0.15, -0.1) is 0 Å². The highest BCUT2D eigenvalue weighted by Crippen LogP contribution is 2.41. The summed E-state index contributed by atoms with van der Waals surface area (Å²) in [6.07, 6.45) is 0.747. The molecular weight excluding hydrogens is 280 g/mol. The monoisotopic (exact) mass is 300 g/mol. The Hall–Kier alpha value is -1.00. The fourth-order valence-corrected chi connectivity index (χ4v) is 2.67. The van der Waals surface area contributed by atoms with Crippen molar-refractivity contribution in [2.75, 3.05) is 7.11 Å². The van der Waals surface area contributed by atoms with Crippen LogP contribution in [0, 0.1) is 0 Å². The lowest BCUT2D eigenvalue weighted by atomic mass is 10.2. The predicted molar refractivity (Wildman–Crippen MR) is 81.2 cm³/mol. The van der Waals surface area contributed by atoms with Gasteiger partial charge in [-0.2, -0.15) is 0 Å². The molecule has 0 amide bonds. The molecule has 0 aromatic heterocycles. The van der Waals surface area contributed by atoms with Crippen molar-refractivity contribution >= 4 is 26.2 Å². The van der Waals surface area contributed by atoms with Gasteiger partial charge in [0.15, 0.2) is 6.29 Å². The van der Waals surface area contributed by atoms with E-state index in [1.54, 1.807) is 12.1 Å². The van der Waals surface area contributed by atoms with Gasteiger partial charge in [-0.25, -0.2) is 0 Å². The summed E-state index contributed by atoms with van der Waals surface area (Å²) in [7, 11) is -0.500. The summed E-state index contributed by atoms with van der Waals surface area (Å²) in [6.45, 7) is 10.6. The molecule has 1 aromatic carbocycles. The first kappa shape index (κ1) is 16.1. The van der Waals surface area contributed by atoms with Gasteiger partial charge in [0.25, 0.3) is 8.32 Å². The fourth-order valence-electron chi connectivity index (χ4n) is 1.31. The van der Waals surface area contributed by atoms with Crippen LogP contribution in [-0.2, 0) is 0 Å². The molecule has 3 nitrogen and oxygen atoms in total. The van der Waals surface area contributed by atoms with Crippen LogP contribution < -0.4 is 9.16 Å². The van der Waals surface area contributed by atoms with E-state index < -0.39 is 8.32 Å². The number of rotatable bonds is 4. The summed E-state index contributed by atoms with van der Waals surface area (Å²) >= 11 is 6.21. The smallest absolute Gasteiger partial charge is 0.250 e. The predicted octanol–water partition coefficient (Wildman–Crippen LogP) is 4.55. The fraction of sp³-hybridized carbons (Fsp3) is 0.500. The molecular formula is C14H21ClO3Si. The summed E-state index contributed by atoms with van der Waals surface area (Å²) in [5, 5.41) is 0.447. The molecule has 0 aliphatic rings. The molecule has 0 unspecified atom stereocenters. The van der Waals surface area contributed by atoms with Gasteiger partial charge in [0, 0.05) is 6.07 Å². The highest BCUT2D eigenvalue weighted by atomic mass is 35.5. The van der Waals surface area contributed by atoms with Crippen LogP contribution >= 0.6 is 11.6 Å². The van der Waals surface area contributed by atoms with E-state index in [4.69, 9.17) is 20.8 Å². The molecule has 1 aromatic rings. The van der Waals surface area contributed by atoms with E-state index in [1.165, 1.54) is 7.11 Å². The molecule has 0 spiro atoms. The molecule has 0 heterocycles. The van der Waals surface area contributed by atoms with E-state index in [-0.39, 0.29) is 5.04 Å². The van der Waals surface area contributed by atoms with Crippen LogP contribution in [0.5, 0.6) is 11.5 Å². The molecule has 0 atom stereocenters. The summed E-state index contributed by atoms with van der Waals surface area (Å²) in [4.78, 5) is 11.2. The standard InChI is InChI=1S/C14H21ClO3Si/c1-14(2,3)19(5,6)18-13-10(9-16)7-11(17-4)8-12(13)15/h7-9H,1-6H3. The first-order valence-corrected chi connectivity index (χ1v) is 9.42. The third-order valence-electron chi connectivity index (χ3n) is 3.57. The molecule has 0 saturated carbocycles. The van der Waals surface area contributed by atoms with E-state index in [9.17, 15) is 4.79 Å². The molecule has 0 saturated heterocycles. The maximum Gasteiger partial charge on any atom is 0.250 e. The second-order valence-corrected chi connectivity index (χ2v) is 11.1. The van der Waals surface area contributed by atoms with Gasteiger partial charge in [-0.1, -0.05) is 32.4 Å². The van der Waals surface area contributed by atoms with E-state index in [0.29, 0.717) is 22.1 Å². The number of carbonyl (C=O) groups excluding carboxylic acids is 1. The number of carbonyl (C=O) groups is 1. The average Bonchev–Trinajstić information content (AvgIpc) is 2.29. The molecule has 106 valence electrons. The lowest BCUT2D eigenvalue weighted by Crippen LogP contribution is -2.44. The summed E-state index contributed by atoms with van der Waals surface area (Å²) in [5.74, 6) is 1.01. The SMILES string of the molecule is COc1cc(Cl)c(O[Si](C)(C)C(C)(C)C)c(C=O)c1. The molecule has 0 radical (unpaired) electrons. The molecule has 19 heavy (non-hydrogen) atoms. The Labute approximate surface area is 121 Å². The van der Waals surface area contributed by atoms with Crippen molar-refractivity contribution in [1.29, 1.82) is 0 Å². The van der Waals surface area contributed by atoms with Crippen LogP contribution in [0.4, 0.5) is 0 Å². The zero-order valence-electron chi connectivity index (χ0n) is 12.3. The number of aldehydes is 1. The minimum absolute atomic E-state index is 0.0381. The van der Waals surface area contributed by atoms with Gasteiger partial charge in [-0.3, -0.25) is 4.79 Å². The van der Waals surface area contributed by atoms with E-state index in [2.05, 4.69) is 33.9 Å². The lowest BCUT2D eigenvalue weighted by molar-refractivity contribution is 0.112. The Kier molecular flexibility index (Phi) is 4.69. The van der Waals surface area contributed by atoms with Crippen LogP contribution in [0.1, 0.15) is 31.1 Å². The number of benzene rings is 1. The Morgan fingerprint density at radius 1 is 1.26 bits per heavy atom. The largest absolute Gasteiger partial charge is 0.542 e. The Morgan fingerprint density at radius 3 is 2.26 bits per heavy atom. The van der Waals surface area contributed by atoms with Crippen molar-refractivity contribution in [3.05, 3.63) is 22.7 Å². The third-order valence-corrected chi connectivity index (χ3v) is 8.18. The van der Waals surface area contributed by atoms with Crippen LogP contribution in [-0.4, -0.2) is 21.7 Å². The molecule has 0 N–H and O–H groups in total. The van der Waals surface area contributed by atoms with Gasteiger partial charge >= 0.3 is 0 Å². The molecule has 0 bridgehead atoms. The summed E-state index contributed by atoms with van der Waals surface area (Å²) in [6, 6.07) is 3.30. The highest BCUT2D eigenvalue weighted by Gasteiger charge is 2.39. The minimum atomic E-state index is -2.04. The van der Waals surface area contributed by atoms with Crippen LogP contribution in [0.25, 0.3) is 0 Å². The van der Waals surface area contributed by atoms with Crippen molar-refractivity contribution in [2.45, 2.75) is 38.9 Å². The van der Waals surface area contributed by atoms with Gasteiger partial charge in [0.1, 0.15) is 11.5 Å². The van der Waals surface area contributed by atoms with Crippen molar-refractivity contribution < 1.29 is 14.0 Å². The van der Waals surface area contributed by atoms with Gasteiger partial charge in [0.2, 0.25) is 0 Å². The average molecular weight is 301 g/mol. The molecule has 0 aliphatic carbocycles. The molecule has 0 aliphatic heterocycles. The normalized spacial score (nSPS) is 12.2. The number of methoxy groups -OCH3 is 1. The van der Waals surface area contributed by atoms with Crippen LogP contribution in [0.15, 0.2) is 12.1 Å². The Morgan fingerprint density at radius 2 is 1.84 bits per heavy atom. The number of hydrogen-bond acceptors (Lipinski definition) is 3. The maximum absolute atomic E-state index is 11.2. The van der Waals surface area contributed by atoms with Crippen LogP contribution in [0.2, 0.25) is 23.2 Å². The molecule has 1 rings (SSSR count). The zero-order valence-corrected chi connectivity index (χ0v) is 14.1. The van der Waals surface area contributed by atoms with Crippen molar-refractivity contribution in [2.24, 2.45) is 0 Å². The molecule has 0 fully saturated rings. The molecule has 5 heteroatoms. The van der Waals surface area contributed by atoms with Crippen molar-refractivity contribution in [1.82, 2.24) is 0 Å². The summed E-state index contributed by atoms with van der Waals surface area (Å²) < 4.78 is 11.2. The first-order valence-electron chi connectivity index (χ1n) is 6.14. The Balaban J connectivity index is 3.25. The van der Waals surface area contributed by atoms with E-state index >= 15 is 0 Å². The van der Waals surface area contributed by atoms with Gasteiger partial charge < -0.3 is 9.16 Å². The summed E-state index contributed by atoms with van der Waals surface area (Å²) in [5.41, 5.74) is 0.425. The third kappa shape index (κ3) is 3.51. The lowest BCUT2D eigenvalue weighted by Gasteiger charge is -2.37. The van der Waals surface area contributed by atoms with E-state index in [0.717, 1.165) is 6.29 Å². The van der Waals surface area contributed by atoms with E-state index in [1.807, 2.05) is 0 Å².